The van der Waals surface area contributed by atoms with E-state index in [2.05, 4.69) is 29.7 Å². The fourth-order valence-corrected chi connectivity index (χ4v) is 3.87. The van der Waals surface area contributed by atoms with Crippen LogP contribution in [0.15, 0.2) is 48.5 Å². The highest BCUT2D eigenvalue weighted by molar-refractivity contribution is 5.96. The van der Waals surface area contributed by atoms with Crippen molar-refractivity contribution in [2.24, 2.45) is 0 Å². The van der Waals surface area contributed by atoms with Crippen LogP contribution in [0.1, 0.15) is 30.7 Å². The summed E-state index contributed by atoms with van der Waals surface area (Å²) < 4.78 is 7.50. The van der Waals surface area contributed by atoms with Gasteiger partial charge in [0, 0.05) is 38.2 Å². The molecule has 27 heavy (non-hydrogen) atoms. The van der Waals surface area contributed by atoms with E-state index in [1.165, 1.54) is 5.56 Å². The number of carbonyl (C=O) groups is 1. The van der Waals surface area contributed by atoms with Crippen LogP contribution in [0, 0.1) is 0 Å². The number of hydrogen-bond acceptors (Lipinski definition) is 3. The van der Waals surface area contributed by atoms with Crippen molar-refractivity contribution >= 4 is 22.6 Å². The summed E-state index contributed by atoms with van der Waals surface area (Å²) >= 11 is 0. The topological polar surface area (TPSA) is 47.4 Å². The summed E-state index contributed by atoms with van der Waals surface area (Å²) in [6.45, 7) is 4.16. The minimum atomic E-state index is 0.0904. The molecule has 5 heteroatoms. The quantitative estimate of drug-likeness (QED) is 0.670. The van der Waals surface area contributed by atoms with Gasteiger partial charge in [-0.05, 0) is 36.2 Å². The highest BCUT2D eigenvalue weighted by Gasteiger charge is 2.34. The third-order valence-electron chi connectivity index (χ3n) is 5.35. The van der Waals surface area contributed by atoms with Crippen LogP contribution in [0.4, 0.5) is 5.69 Å². The number of amides is 1. The van der Waals surface area contributed by atoms with E-state index in [0.717, 1.165) is 35.5 Å². The van der Waals surface area contributed by atoms with Crippen LogP contribution in [0.2, 0.25) is 0 Å². The Morgan fingerprint density at radius 1 is 1.15 bits per heavy atom. The number of aromatic nitrogens is 2. The van der Waals surface area contributed by atoms with Gasteiger partial charge in [0.25, 0.3) is 0 Å². The van der Waals surface area contributed by atoms with E-state index in [1.807, 2.05) is 35.2 Å². The first-order valence-electron chi connectivity index (χ1n) is 9.54. The number of ether oxygens (including phenoxy) is 1. The average Bonchev–Trinajstić information content (AvgIpc) is 3.27. The fourth-order valence-electron chi connectivity index (χ4n) is 3.87. The third-order valence-corrected chi connectivity index (χ3v) is 5.35. The summed E-state index contributed by atoms with van der Waals surface area (Å²) in [5, 5.41) is 0. The molecule has 0 bridgehead atoms. The zero-order valence-electron chi connectivity index (χ0n) is 15.9. The lowest BCUT2D eigenvalue weighted by molar-refractivity contribution is -0.117. The molecular weight excluding hydrogens is 338 g/mol. The maximum Gasteiger partial charge on any atom is 0.227 e. The van der Waals surface area contributed by atoms with E-state index in [0.29, 0.717) is 19.6 Å². The molecule has 1 saturated heterocycles. The maximum atomic E-state index is 12.7. The summed E-state index contributed by atoms with van der Waals surface area (Å²) in [6, 6.07) is 16.4. The van der Waals surface area contributed by atoms with E-state index >= 15 is 0 Å². The highest BCUT2D eigenvalue weighted by Crippen LogP contribution is 2.33. The Kier molecular flexibility index (Phi) is 4.94. The predicted octanol–water partition coefficient (Wildman–Crippen LogP) is 3.77. The zero-order chi connectivity index (χ0) is 18.8. The lowest BCUT2D eigenvalue weighted by Crippen LogP contribution is -2.24. The van der Waals surface area contributed by atoms with E-state index in [9.17, 15) is 4.79 Å². The average molecular weight is 363 g/mol. The van der Waals surface area contributed by atoms with Crippen LogP contribution >= 0.6 is 0 Å². The molecule has 1 aromatic heterocycles. The monoisotopic (exact) mass is 363 g/mol. The van der Waals surface area contributed by atoms with Gasteiger partial charge in [0.05, 0.1) is 17.6 Å². The van der Waals surface area contributed by atoms with Crippen LogP contribution in [-0.4, -0.2) is 35.7 Å². The maximum absolute atomic E-state index is 12.7. The molecule has 3 aromatic rings. The van der Waals surface area contributed by atoms with Gasteiger partial charge >= 0.3 is 0 Å². The van der Waals surface area contributed by atoms with Crippen LogP contribution < -0.4 is 4.90 Å². The van der Waals surface area contributed by atoms with Crippen LogP contribution in [0.5, 0.6) is 0 Å². The summed E-state index contributed by atoms with van der Waals surface area (Å²) in [5.41, 5.74) is 4.33. The summed E-state index contributed by atoms with van der Waals surface area (Å²) in [4.78, 5) is 19.5. The van der Waals surface area contributed by atoms with Crippen molar-refractivity contribution in [2.75, 3.05) is 25.2 Å². The first kappa shape index (κ1) is 17.7. The van der Waals surface area contributed by atoms with Crippen molar-refractivity contribution in [3.05, 3.63) is 59.9 Å². The Morgan fingerprint density at radius 3 is 2.67 bits per heavy atom. The van der Waals surface area contributed by atoms with Gasteiger partial charge in [-0.3, -0.25) is 4.79 Å². The van der Waals surface area contributed by atoms with Gasteiger partial charge in [-0.1, -0.05) is 31.2 Å². The number of fused-ring (bicyclic) bond motifs is 1. The first-order valence-corrected chi connectivity index (χ1v) is 9.54. The standard InChI is InChI=1S/C22H25N3O2/c1-3-16-8-10-18(11-9-16)25-15-17(14-21(25)26)22-23-19-6-4-5-7-20(19)24(22)12-13-27-2/h4-11,17H,3,12-15H2,1-2H3. The van der Waals surface area contributed by atoms with Crippen LogP contribution in [0.25, 0.3) is 11.0 Å². The number of para-hydroxylation sites is 2. The number of hydrogen-bond donors (Lipinski definition) is 0. The molecule has 1 fully saturated rings. The van der Waals surface area contributed by atoms with Crippen molar-refractivity contribution in [3.8, 4) is 0 Å². The molecule has 1 unspecified atom stereocenters. The third kappa shape index (κ3) is 3.35. The number of nitrogens with zero attached hydrogens (tertiary/aromatic N) is 3. The van der Waals surface area contributed by atoms with Crippen LogP contribution in [-0.2, 0) is 22.5 Å². The predicted molar refractivity (Wildman–Crippen MR) is 107 cm³/mol. The van der Waals surface area contributed by atoms with Gasteiger partial charge in [-0.25, -0.2) is 4.98 Å². The van der Waals surface area contributed by atoms with Gasteiger partial charge in [-0.15, -0.1) is 0 Å². The highest BCUT2D eigenvalue weighted by atomic mass is 16.5. The Balaban J connectivity index is 1.65. The summed E-state index contributed by atoms with van der Waals surface area (Å²) in [5.74, 6) is 1.23. The second-order valence-electron chi connectivity index (χ2n) is 7.03. The molecule has 2 aromatic carbocycles. The largest absolute Gasteiger partial charge is 0.383 e. The molecule has 0 N–H and O–H groups in total. The lowest BCUT2D eigenvalue weighted by atomic mass is 10.1. The molecule has 2 heterocycles. The SMILES string of the molecule is CCc1ccc(N2CC(c3nc4ccccc4n3CCOC)CC2=O)cc1. The van der Waals surface area contributed by atoms with Crippen LogP contribution in [0.3, 0.4) is 0 Å². The molecule has 4 rings (SSSR count). The molecule has 1 aliphatic heterocycles. The van der Waals surface area contributed by atoms with E-state index in [4.69, 9.17) is 9.72 Å². The number of anilines is 1. The molecule has 5 nitrogen and oxygen atoms in total. The Labute approximate surface area is 159 Å². The minimum absolute atomic E-state index is 0.0904. The number of benzene rings is 2. The molecule has 0 spiro atoms. The number of imidazole rings is 1. The number of methoxy groups -OCH3 is 1. The molecule has 140 valence electrons. The Bertz CT molecular complexity index is 946. The Morgan fingerprint density at radius 2 is 1.93 bits per heavy atom. The minimum Gasteiger partial charge on any atom is -0.383 e. The number of rotatable bonds is 6. The van der Waals surface area contributed by atoms with Crippen molar-refractivity contribution in [2.45, 2.75) is 32.2 Å². The van der Waals surface area contributed by atoms with E-state index in [-0.39, 0.29) is 11.8 Å². The molecular formula is C22H25N3O2. The van der Waals surface area contributed by atoms with E-state index < -0.39 is 0 Å². The second-order valence-corrected chi connectivity index (χ2v) is 7.03. The lowest BCUT2D eigenvalue weighted by Gasteiger charge is -2.18. The summed E-state index contributed by atoms with van der Waals surface area (Å²) in [7, 11) is 1.71. The van der Waals surface area contributed by atoms with Crippen molar-refractivity contribution in [1.29, 1.82) is 0 Å². The zero-order valence-corrected chi connectivity index (χ0v) is 15.9. The second kappa shape index (κ2) is 7.53. The van der Waals surface area contributed by atoms with Gasteiger partial charge in [0.1, 0.15) is 5.82 Å². The Hall–Kier alpha value is -2.66. The molecule has 1 aliphatic rings. The molecule has 1 atom stereocenters. The van der Waals surface area contributed by atoms with Crippen molar-refractivity contribution in [1.82, 2.24) is 9.55 Å². The van der Waals surface area contributed by atoms with Gasteiger partial charge in [0.2, 0.25) is 5.91 Å². The fraction of sp³-hybridized carbons (Fsp3) is 0.364. The van der Waals surface area contributed by atoms with Crippen molar-refractivity contribution in [3.63, 3.8) is 0 Å². The normalized spacial score (nSPS) is 17.2. The van der Waals surface area contributed by atoms with Crippen molar-refractivity contribution < 1.29 is 9.53 Å². The summed E-state index contributed by atoms with van der Waals surface area (Å²) in [6.07, 6.45) is 1.49. The van der Waals surface area contributed by atoms with Gasteiger partial charge in [-0.2, -0.15) is 0 Å². The van der Waals surface area contributed by atoms with Gasteiger partial charge < -0.3 is 14.2 Å². The first-order chi connectivity index (χ1) is 13.2. The smallest absolute Gasteiger partial charge is 0.227 e. The number of carbonyl (C=O) groups excluding carboxylic acids is 1. The van der Waals surface area contributed by atoms with Gasteiger partial charge in [0.15, 0.2) is 0 Å². The molecule has 0 aliphatic carbocycles. The van der Waals surface area contributed by atoms with E-state index in [1.54, 1.807) is 7.11 Å². The number of aryl methyl sites for hydroxylation is 1. The molecule has 1 amide bonds. The molecule has 0 radical (unpaired) electrons. The molecule has 0 saturated carbocycles.